The van der Waals surface area contributed by atoms with Crippen molar-refractivity contribution < 1.29 is 121 Å². The molecule has 37 heteroatoms. The molecule has 0 amide bonds. The van der Waals surface area contributed by atoms with Gasteiger partial charge in [-0.1, -0.05) is 90.0 Å². The summed E-state index contributed by atoms with van der Waals surface area (Å²) in [5.41, 5.74) is 24.0. The summed E-state index contributed by atoms with van der Waals surface area (Å²) in [5, 5.41) is 136. The van der Waals surface area contributed by atoms with Crippen LogP contribution in [-0.2, 0) is 21.9 Å². The number of carbonyl (C=O) groups is 3. The molecule has 0 spiro atoms. The van der Waals surface area contributed by atoms with Crippen LogP contribution in [0.3, 0.4) is 0 Å². The summed E-state index contributed by atoms with van der Waals surface area (Å²) in [5.74, 6) is -2.98. The molecule has 0 saturated heterocycles. The molecule has 1 unspecified atom stereocenters. The fourth-order valence-electron chi connectivity index (χ4n) is 9.59. The van der Waals surface area contributed by atoms with Gasteiger partial charge in [0.1, 0.15) is 68.6 Å². The predicted molar refractivity (Wildman–Crippen MR) is 430 cm³/mol. The van der Waals surface area contributed by atoms with Crippen molar-refractivity contribution in [2.45, 2.75) is 13.2 Å². The SMILES string of the molecule is Cc1cc2c[c-]cc(N)c2c(O)c1N=Nc1ccccc1.Nc1ccc(N=Nc2ccccc2)c(N)n1.O=C(O)c1cc(C=Cc2ccc(O)c(C(O)O)c2)ccc1O.O=C(O)c1cc(N=Nc2ccc(OS(=O)Nc3ccccn3)cc2)ccc1O.O=C(O)c1ccccc1N=Nc1ccc(N(CCO)CCO)cc1.O=S(=O)=O.[Na+]. The first kappa shape index (κ1) is 90.8. The number of phenolic OH excluding ortho intramolecular Hbond substituents is 2. The molecule has 0 fully saturated rings. The number of nitrogen functional groups attached to an aromatic ring is 3. The minimum atomic E-state index is -3.11. The van der Waals surface area contributed by atoms with Crippen molar-refractivity contribution in [2.75, 3.05) is 53.1 Å². The molecule has 34 nitrogen and oxygen atoms in total. The largest absolute Gasteiger partial charge is 1.00 e. The zero-order valence-electron chi connectivity index (χ0n) is 61.3. The monoisotopic (exact) mass is 1620 g/mol. The second kappa shape index (κ2) is 46.7. The molecule has 0 aliphatic heterocycles. The number of hydrogen-bond acceptors (Lipinski definition) is 30. The van der Waals surface area contributed by atoms with Crippen molar-refractivity contribution in [3.05, 3.63) is 288 Å². The normalized spacial score (nSPS) is 11.0. The first-order chi connectivity index (χ1) is 55.2. The van der Waals surface area contributed by atoms with Crippen LogP contribution in [-0.4, -0.2) is 127 Å². The van der Waals surface area contributed by atoms with Crippen LogP contribution >= 0.6 is 0 Å². The summed E-state index contributed by atoms with van der Waals surface area (Å²) in [6.07, 6.45) is 2.99. The van der Waals surface area contributed by atoms with Gasteiger partial charge in [0.05, 0.1) is 47.2 Å². The van der Waals surface area contributed by atoms with Gasteiger partial charge >= 0.3 is 69.3 Å². The number of pyridine rings is 2. The maximum Gasteiger partial charge on any atom is 1.00 e. The zero-order valence-corrected chi connectivity index (χ0v) is 64.9. The van der Waals surface area contributed by atoms with Gasteiger partial charge < -0.3 is 82.5 Å². The molecule has 1 atom stereocenters. The van der Waals surface area contributed by atoms with E-state index in [2.05, 4.69) is 61.7 Å². The average Bonchev–Trinajstić information content (AvgIpc) is 0.781. The molecule has 0 bridgehead atoms. The minimum absolute atomic E-state index is 0. The number of aliphatic hydroxyl groups is 4. The molecule has 0 aliphatic carbocycles. The third-order valence-electron chi connectivity index (χ3n) is 15.0. The molecule has 2 heterocycles. The Kier molecular flexibility index (Phi) is 36.5. The molecular weight excluding hydrogens is 1550 g/mol. The predicted octanol–water partition coefficient (Wildman–Crippen LogP) is 11.8. The van der Waals surface area contributed by atoms with E-state index < -0.39 is 46.1 Å². The van der Waals surface area contributed by atoms with Crippen LogP contribution in [0.1, 0.15) is 59.6 Å². The number of hydrogen-bond donors (Lipinski definition) is 15. The summed E-state index contributed by atoms with van der Waals surface area (Å²) in [7, 11) is -3.11. The van der Waals surface area contributed by atoms with Gasteiger partial charge in [-0.2, -0.15) is 48.0 Å². The average molecular weight is 1620 g/mol. The summed E-state index contributed by atoms with van der Waals surface area (Å²) in [4.78, 5) is 42.8. The Morgan fingerprint density at radius 3 is 1.59 bits per heavy atom. The summed E-state index contributed by atoms with van der Waals surface area (Å²) >= 11 is -1.82. The number of rotatable bonds is 23. The maximum absolute atomic E-state index is 11.9. The number of benzene rings is 10. The van der Waals surface area contributed by atoms with Crippen molar-refractivity contribution >= 4 is 137 Å². The zero-order chi connectivity index (χ0) is 83.3. The van der Waals surface area contributed by atoms with Crippen LogP contribution in [0, 0.1) is 13.0 Å². The third kappa shape index (κ3) is 29.5. The van der Waals surface area contributed by atoms with E-state index in [1.807, 2.05) is 90.7 Å². The molecule has 0 aliphatic rings. The number of phenols is 4. The number of aromatic hydroxyl groups is 4. The van der Waals surface area contributed by atoms with Crippen molar-refractivity contribution in [1.82, 2.24) is 9.97 Å². The number of fused-ring (bicyclic) bond motifs is 1. The molecule has 0 saturated carbocycles. The quantitative estimate of drug-likeness (QED) is 0.00706. The molecule has 2 aromatic heterocycles. The van der Waals surface area contributed by atoms with Gasteiger partial charge in [-0.15, -0.1) is 39.4 Å². The maximum atomic E-state index is 11.9. The molecule has 12 aromatic rings. The fourth-order valence-corrected chi connectivity index (χ4v) is 10.2. The number of aromatic carboxylic acids is 3. The van der Waals surface area contributed by atoms with E-state index in [4.69, 9.17) is 69.8 Å². The summed E-state index contributed by atoms with van der Waals surface area (Å²) in [6, 6.07) is 67.6. The van der Waals surface area contributed by atoms with E-state index in [1.54, 1.807) is 128 Å². The molecule has 590 valence electrons. The van der Waals surface area contributed by atoms with E-state index in [0.717, 1.165) is 28.0 Å². The van der Waals surface area contributed by atoms with Crippen molar-refractivity contribution in [3.8, 4) is 28.7 Å². The number of aliphatic hydroxyl groups excluding tert-OH is 3. The molecule has 10 aromatic carbocycles. The minimum Gasteiger partial charge on any atom is -0.507 e. The molecule has 0 radical (unpaired) electrons. The number of nitrogens with one attached hydrogen (secondary N) is 1. The van der Waals surface area contributed by atoms with Crippen LogP contribution in [0.15, 0.2) is 284 Å². The van der Waals surface area contributed by atoms with Gasteiger partial charge in [0.25, 0.3) is 0 Å². The van der Waals surface area contributed by atoms with E-state index in [9.17, 15) is 39.0 Å². The Balaban J connectivity index is 0.000000224. The number of aryl methyl sites for hydroxylation is 1. The summed E-state index contributed by atoms with van der Waals surface area (Å²) in [6.45, 7) is 2.71. The second-order valence-corrected chi connectivity index (χ2v) is 24.3. The van der Waals surface area contributed by atoms with Gasteiger partial charge in [0, 0.05) is 30.5 Å². The number of anilines is 5. The topological polar surface area (TPSA) is 569 Å². The van der Waals surface area contributed by atoms with Crippen LogP contribution in [0.4, 0.5) is 74.3 Å². The van der Waals surface area contributed by atoms with Crippen molar-refractivity contribution in [2.24, 2.45) is 40.9 Å². The number of nitrogens with two attached hydrogens (primary N) is 3. The molecule has 116 heavy (non-hydrogen) atoms. The van der Waals surface area contributed by atoms with Gasteiger partial charge in [0.2, 0.25) is 0 Å². The smallest absolute Gasteiger partial charge is 0.507 e. The van der Waals surface area contributed by atoms with Crippen LogP contribution in [0.5, 0.6) is 28.7 Å². The van der Waals surface area contributed by atoms with E-state index in [1.165, 1.54) is 48.5 Å². The van der Waals surface area contributed by atoms with Crippen LogP contribution < -0.4 is 60.6 Å². The molecular formula is C79H72N15NaO19S2. The van der Waals surface area contributed by atoms with Gasteiger partial charge in [0.15, 0.2) is 12.1 Å². The fraction of sp³-hybridized carbons (Fsp3) is 0.0759. The van der Waals surface area contributed by atoms with Gasteiger partial charge in [-0.3, -0.25) is 4.72 Å². The number of azo groups is 4. The Morgan fingerprint density at radius 2 is 1.03 bits per heavy atom. The Labute approximate surface area is 687 Å². The van der Waals surface area contributed by atoms with Crippen molar-refractivity contribution in [3.63, 3.8) is 0 Å². The third-order valence-corrected chi connectivity index (χ3v) is 15.7. The number of nitrogens with zero attached hydrogens (tertiary/aromatic N) is 11. The van der Waals surface area contributed by atoms with E-state index in [0.29, 0.717) is 75.4 Å². The Hall–Kier alpha value is -14.1. The second-order valence-electron chi connectivity index (χ2n) is 23.1. The number of carboxylic acid groups (broad SMARTS) is 3. The van der Waals surface area contributed by atoms with Gasteiger partial charge in [-0.05, 0) is 175 Å². The van der Waals surface area contributed by atoms with Crippen molar-refractivity contribution in [1.29, 1.82) is 0 Å². The van der Waals surface area contributed by atoms with Crippen LogP contribution in [0.25, 0.3) is 22.9 Å². The summed E-state index contributed by atoms with van der Waals surface area (Å²) < 4.78 is 45.1. The Morgan fingerprint density at radius 1 is 0.534 bits per heavy atom. The Bertz CT molecular complexity index is 5590. The molecule has 18 N–H and O–H groups in total. The van der Waals surface area contributed by atoms with Crippen LogP contribution in [0.2, 0.25) is 0 Å². The van der Waals surface area contributed by atoms with E-state index in [-0.39, 0.29) is 105 Å². The number of aromatic nitrogens is 2. The standard InChI is InChI=1S/C18H14N4O5S.C17H19N3O4.C17H14N3O.C16H14O6.C11H11N5.Na.O3S/c23-16-9-6-13(11-15(16)18(24)25)21-20-12-4-7-14(8-5-12)27-28(26)22-17-3-1-2-10-19-17;21-11-9-20(10-12-22)14-7-5-13(6-8-14)18-19-16-4-2-1-3-15(16)17(23)24;1-11-10-12-6-5-9-14(18)15(12)17(21)16(11)20-19-13-7-3-2-4-8-13;17-13-5-3-9(7-11(13)15(19)20)1-2-10-4-6-14(18)12(8-10)16(21)22;12-10-7-6-9(11(13)14-10)16-15-8-4-2-1-3-5-8;;1-4(2)3/h1-11,23H,(H,19,22)(H,24,25);1-8,21-22H,9-12H2,(H,23,24);2-4,6-10,21H,18H2,1H3;1-8,15,17-20H,(H,21,22);1-7H,(H4,12,13,14);;/q;;-1;;;+1;. The first-order valence-corrected chi connectivity index (χ1v) is 35.5. The van der Waals surface area contributed by atoms with Gasteiger partial charge in [-0.25, -0.2) is 24.4 Å². The van der Waals surface area contributed by atoms with E-state index >= 15 is 0 Å². The first-order valence-electron chi connectivity index (χ1n) is 33.4. The number of carboxylic acids is 3. The molecule has 12 rings (SSSR count).